The number of thiophene rings is 1. The van der Waals surface area contributed by atoms with E-state index in [9.17, 15) is 4.79 Å². The van der Waals surface area contributed by atoms with Crippen molar-refractivity contribution in [1.29, 1.82) is 0 Å². The summed E-state index contributed by atoms with van der Waals surface area (Å²) in [6.45, 7) is 0.510. The molecular weight excluding hydrogens is 282 g/mol. The van der Waals surface area contributed by atoms with Crippen molar-refractivity contribution in [1.82, 2.24) is 15.1 Å². The Kier molecular flexibility index (Phi) is 4.12. The smallest absolute Gasteiger partial charge is 0.251 e. The first-order valence-electron chi connectivity index (χ1n) is 6.70. The van der Waals surface area contributed by atoms with Gasteiger partial charge >= 0.3 is 0 Å². The third-order valence-corrected chi connectivity index (χ3v) is 4.18. The average molecular weight is 297 g/mol. The highest BCUT2D eigenvalue weighted by Gasteiger charge is 2.16. The molecule has 1 aromatic carbocycles. The van der Waals surface area contributed by atoms with E-state index in [0.29, 0.717) is 12.1 Å². The predicted molar refractivity (Wildman–Crippen MR) is 83.5 cm³/mol. The second-order valence-electron chi connectivity index (χ2n) is 4.59. The summed E-state index contributed by atoms with van der Waals surface area (Å²) in [4.78, 5) is 13.3. The van der Waals surface area contributed by atoms with Gasteiger partial charge in [0.05, 0.1) is 0 Å². The van der Waals surface area contributed by atoms with Gasteiger partial charge in [0.25, 0.3) is 5.91 Å². The number of hydrogen-bond donors (Lipinski definition) is 1. The molecule has 0 bridgehead atoms. The maximum atomic E-state index is 12.2. The number of amides is 1. The van der Waals surface area contributed by atoms with Gasteiger partial charge in [0.1, 0.15) is 6.04 Å². The normalized spacial score (nSPS) is 12.0. The molecule has 5 heteroatoms. The Balaban J connectivity index is 1.73. The van der Waals surface area contributed by atoms with Crippen molar-refractivity contribution < 1.29 is 4.79 Å². The summed E-state index contributed by atoms with van der Waals surface area (Å²) in [5.41, 5.74) is 0.669. The van der Waals surface area contributed by atoms with Gasteiger partial charge in [0, 0.05) is 29.4 Å². The van der Waals surface area contributed by atoms with E-state index in [0.717, 1.165) is 0 Å². The number of carbonyl (C=O) groups is 1. The fourth-order valence-corrected chi connectivity index (χ4v) is 2.97. The molecule has 0 aliphatic carbocycles. The summed E-state index contributed by atoms with van der Waals surface area (Å²) in [6, 6.07) is 15.2. The highest BCUT2D eigenvalue weighted by atomic mass is 32.1. The molecule has 1 amide bonds. The molecule has 0 radical (unpaired) electrons. The first-order chi connectivity index (χ1) is 10.3. The molecule has 3 aromatic rings. The topological polar surface area (TPSA) is 46.9 Å². The Hall–Kier alpha value is -2.40. The van der Waals surface area contributed by atoms with E-state index in [2.05, 4.69) is 16.5 Å². The van der Waals surface area contributed by atoms with Crippen LogP contribution >= 0.6 is 11.3 Å². The molecule has 1 unspecified atom stereocenters. The van der Waals surface area contributed by atoms with Gasteiger partial charge in [0.2, 0.25) is 0 Å². The quantitative estimate of drug-likeness (QED) is 0.787. The third-order valence-electron chi connectivity index (χ3n) is 3.21. The SMILES string of the molecule is O=C(NCC(c1cccs1)n1cccn1)c1ccccc1. The molecule has 0 saturated heterocycles. The molecule has 0 saturated carbocycles. The Morgan fingerprint density at radius 2 is 2.05 bits per heavy atom. The molecule has 1 atom stereocenters. The fourth-order valence-electron chi connectivity index (χ4n) is 2.15. The molecular formula is C16H15N3OS. The number of carbonyl (C=O) groups excluding carboxylic acids is 1. The molecule has 0 aliphatic heterocycles. The van der Waals surface area contributed by atoms with E-state index in [4.69, 9.17) is 0 Å². The highest BCUT2D eigenvalue weighted by molar-refractivity contribution is 7.10. The lowest BCUT2D eigenvalue weighted by atomic mass is 10.2. The van der Waals surface area contributed by atoms with Crippen LogP contribution in [0.1, 0.15) is 21.3 Å². The van der Waals surface area contributed by atoms with Crippen LogP contribution in [0.4, 0.5) is 0 Å². The van der Waals surface area contributed by atoms with E-state index in [1.165, 1.54) is 4.88 Å². The van der Waals surface area contributed by atoms with Gasteiger partial charge in [-0.15, -0.1) is 11.3 Å². The van der Waals surface area contributed by atoms with Gasteiger partial charge in [0.15, 0.2) is 0 Å². The second-order valence-corrected chi connectivity index (χ2v) is 5.57. The van der Waals surface area contributed by atoms with Crippen molar-refractivity contribution in [2.45, 2.75) is 6.04 Å². The van der Waals surface area contributed by atoms with Crippen LogP contribution in [0.25, 0.3) is 0 Å². The molecule has 4 nitrogen and oxygen atoms in total. The van der Waals surface area contributed by atoms with Crippen molar-refractivity contribution in [3.05, 3.63) is 76.7 Å². The highest BCUT2D eigenvalue weighted by Crippen LogP contribution is 2.21. The van der Waals surface area contributed by atoms with E-state index in [1.807, 2.05) is 58.7 Å². The van der Waals surface area contributed by atoms with E-state index in [-0.39, 0.29) is 11.9 Å². The lowest BCUT2D eigenvalue weighted by Gasteiger charge is -2.17. The van der Waals surface area contributed by atoms with Crippen LogP contribution in [0.3, 0.4) is 0 Å². The molecule has 106 valence electrons. The second kappa shape index (κ2) is 6.37. The van der Waals surface area contributed by atoms with Crippen molar-refractivity contribution in [2.24, 2.45) is 0 Å². The zero-order valence-electron chi connectivity index (χ0n) is 11.3. The molecule has 2 aromatic heterocycles. The zero-order valence-corrected chi connectivity index (χ0v) is 12.2. The first kappa shape index (κ1) is 13.6. The maximum absolute atomic E-state index is 12.2. The van der Waals surface area contributed by atoms with Crippen LogP contribution in [-0.2, 0) is 0 Å². The van der Waals surface area contributed by atoms with Crippen LogP contribution in [-0.4, -0.2) is 22.2 Å². The molecule has 21 heavy (non-hydrogen) atoms. The maximum Gasteiger partial charge on any atom is 0.251 e. The van der Waals surface area contributed by atoms with E-state index in [1.54, 1.807) is 17.5 Å². The van der Waals surface area contributed by atoms with Gasteiger partial charge in [-0.25, -0.2) is 0 Å². The number of rotatable bonds is 5. The Bertz CT molecular complexity index is 643. The van der Waals surface area contributed by atoms with Crippen molar-refractivity contribution in [3.63, 3.8) is 0 Å². The first-order valence-corrected chi connectivity index (χ1v) is 7.58. The van der Waals surface area contributed by atoms with Crippen molar-refractivity contribution in [2.75, 3.05) is 6.54 Å². The summed E-state index contributed by atoms with van der Waals surface area (Å²) in [6.07, 6.45) is 3.67. The van der Waals surface area contributed by atoms with Crippen LogP contribution < -0.4 is 5.32 Å². The summed E-state index contributed by atoms with van der Waals surface area (Å²) >= 11 is 1.66. The molecule has 2 heterocycles. The van der Waals surface area contributed by atoms with Crippen LogP contribution in [0.15, 0.2) is 66.3 Å². The summed E-state index contributed by atoms with van der Waals surface area (Å²) in [7, 11) is 0. The van der Waals surface area contributed by atoms with Crippen molar-refractivity contribution in [3.8, 4) is 0 Å². The zero-order chi connectivity index (χ0) is 14.5. The van der Waals surface area contributed by atoms with Crippen molar-refractivity contribution >= 4 is 17.2 Å². The molecule has 0 spiro atoms. The number of aromatic nitrogens is 2. The van der Waals surface area contributed by atoms with Gasteiger partial charge in [-0.3, -0.25) is 9.48 Å². The molecule has 3 rings (SSSR count). The largest absolute Gasteiger partial charge is 0.350 e. The number of nitrogens with zero attached hydrogens (tertiary/aromatic N) is 2. The average Bonchev–Trinajstić information content (AvgIpc) is 3.22. The van der Waals surface area contributed by atoms with Gasteiger partial charge in [-0.05, 0) is 29.6 Å². The summed E-state index contributed by atoms with van der Waals surface area (Å²) < 4.78 is 1.87. The van der Waals surface area contributed by atoms with Crippen LogP contribution in [0, 0.1) is 0 Å². The van der Waals surface area contributed by atoms with Crippen LogP contribution in [0.2, 0.25) is 0 Å². The van der Waals surface area contributed by atoms with Gasteiger partial charge in [-0.1, -0.05) is 24.3 Å². The lowest BCUT2D eigenvalue weighted by molar-refractivity contribution is 0.0949. The van der Waals surface area contributed by atoms with Gasteiger partial charge in [-0.2, -0.15) is 5.10 Å². The Labute approximate surface area is 127 Å². The molecule has 1 N–H and O–H groups in total. The fraction of sp³-hybridized carbons (Fsp3) is 0.125. The lowest BCUT2D eigenvalue weighted by Crippen LogP contribution is -2.31. The number of benzene rings is 1. The van der Waals surface area contributed by atoms with Crippen LogP contribution in [0.5, 0.6) is 0 Å². The van der Waals surface area contributed by atoms with E-state index < -0.39 is 0 Å². The number of hydrogen-bond acceptors (Lipinski definition) is 3. The molecule has 0 aliphatic rings. The number of nitrogens with one attached hydrogen (secondary N) is 1. The predicted octanol–water partition coefficient (Wildman–Crippen LogP) is 2.96. The molecule has 0 fully saturated rings. The van der Waals surface area contributed by atoms with E-state index >= 15 is 0 Å². The Morgan fingerprint density at radius 3 is 2.71 bits per heavy atom. The summed E-state index contributed by atoms with van der Waals surface area (Å²) in [5.74, 6) is -0.0655. The Morgan fingerprint density at radius 1 is 1.19 bits per heavy atom. The summed E-state index contributed by atoms with van der Waals surface area (Å²) in [5, 5.41) is 9.31. The minimum atomic E-state index is -0.0655. The standard InChI is InChI=1S/C16H15N3OS/c20-16(13-6-2-1-3-7-13)17-12-14(15-8-4-11-21-15)19-10-5-9-18-19/h1-11,14H,12H2,(H,17,20). The minimum Gasteiger partial charge on any atom is -0.350 e. The van der Waals surface area contributed by atoms with Gasteiger partial charge < -0.3 is 5.32 Å². The minimum absolute atomic E-state index is 0.0210. The third kappa shape index (κ3) is 3.20. The monoisotopic (exact) mass is 297 g/mol.